The summed E-state index contributed by atoms with van der Waals surface area (Å²) in [4.78, 5) is 35.8. The number of benzene rings is 2. The van der Waals surface area contributed by atoms with Gasteiger partial charge in [-0.3, -0.25) is 4.79 Å². The van der Waals surface area contributed by atoms with Gasteiger partial charge in [-0.2, -0.15) is 13.2 Å². The maximum absolute atomic E-state index is 12.5. The number of ether oxygens (including phenoxy) is 2. The van der Waals surface area contributed by atoms with E-state index in [0.717, 1.165) is 29.8 Å². The Bertz CT molecular complexity index is 851. The Labute approximate surface area is 164 Å². The van der Waals surface area contributed by atoms with E-state index in [-0.39, 0.29) is 12.0 Å². The van der Waals surface area contributed by atoms with Crippen LogP contribution in [0.1, 0.15) is 21.5 Å². The molecular weight excluding hydrogens is 391 g/mol. The van der Waals surface area contributed by atoms with Crippen molar-refractivity contribution in [3.63, 3.8) is 0 Å². The topological polar surface area (TPSA) is 81.7 Å². The third-order valence-corrected chi connectivity index (χ3v) is 3.89. The van der Waals surface area contributed by atoms with Gasteiger partial charge in [-0.1, -0.05) is 30.3 Å². The first kappa shape index (κ1) is 21.9. The SMILES string of the molecule is COC(=O)[C@@H](Cc1ccccc1)NC(=O)COC(=O)c1ccc(C(F)(F)F)cc1. The van der Waals surface area contributed by atoms with Crippen LogP contribution in [0.2, 0.25) is 0 Å². The lowest BCUT2D eigenvalue weighted by atomic mass is 10.1. The van der Waals surface area contributed by atoms with Crippen LogP contribution in [0.3, 0.4) is 0 Å². The number of nitrogens with one attached hydrogen (secondary N) is 1. The average molecular weight is 409 g/mol. The summed E-state index contributed by atoms with van der Waals surface area (Å²) >= 11 is 0. The third-order valence-electron chi connectivity index (χ3n) is 3.89. The summed E-state index contributed by atoms with van der Waals surface area (Å²) in [6.45, 7) is -0.706. The van der Waals surface area contributed by atoms with Gasteiger partial charge in [-0.05, 0) is 29.8 Å². The highest BCUT2D eigenvalue weighted by Crippen LogP contribution is 2.29. The van der Waals surface area contributed by atoms with Gasteiger partial charge in [0.2, 0.25) is 0 Å². The molecule has 0 aliphatic rings. The molecule has 6 nitrogen and oxygen atoms in total. The quantitative estimate of drug-likeness (QED) is 0.712. The molecule has 0 aliphatic heterocycles. The third kappa shape index (κ3) is 6.63. The number of carbonyl (C=O) groups is 3. The first-order valence-corrected chi connectivity index (χ1v) is 8.46. The summed E-state index contributed by atoms with van der Waals surface area (Å²) in [6.07, 6.45) is -4.35. The number of amides is 1. The molecule has 1 atom stereocenters. The Morgan fingerprint density at radius 1 is 1.00 bits per heavy atom. The first-order valence-electron chi connectivity index (χ1n) is 8.46. The van der Waals surface area contributed by atoms with Crippen LogP contribution in [0, 0.1) is 0 Å². The zero-order valence-electron chi connectivity index (χ0n) is 15.4. The number of halogens is 3. The summed E-state index contributed by atoms with van der Waals surface area (Å²) in [7, 11) is 1.18. The smallest absolute Gasteiger partial charge is 0.416 e. The molecule has 0 aromatic heterocycles. The highest BCUT2D eigenvalue weighted by atomic mass is 19.4. The van der Waals surface area contributed by atoms with Gasteiger partial charge in [0.25, 0.3) is 5.91 Å². The Morgan fingerprint density at radius 3 is 2.17 bits per heavy atom. The van der Waals surface area contributed by atoms with E-state index in [1.54, 1.807) is 30.3 Å². The fourth-order valence-corrected chi connectivity index (χ4v) is 2.43. The van der Waals surface area contributed by atoms with Crippen molar-refractivity contribution in [2.45, 2.75) is 18.6 Å². The summed E-state index contributed by atoms with van der Waals surface area (Å²) in [5, 5.41) is 2.41. The molecule has 0 saturated heterocycles. The van der Waals surface area contributed by atoms with Gasteiger partial charge in [0.15, 0.2) is 6.61 Å². The maximum atomic E-state index is 12.5. The zero-order valence-corrected chi connectivity index (χ0v) is 15.4. The monoisotopic (exact) mass is 409 g/mol. The molecule has 0 unspecified atom stereocenters. The Morgan fingerprint density at radius 2 is 1.62 bits per heavy atom. The molecule has 154 valence electrons. The van der Waals surface area contributed by atoms with Gasteiger partial charge in [-0.15, -0.1) is 0 Å². The lowest BCUT2D eigenvalue weighted by Gasteiger charge is -2.16. The summed E-state index contributed by atoms with van der Waals surface area (Å²) in [5.41, 5.74) is -0.266. The number of carbonyl (C=O) groups excluding carboxylic acids is 3. The minimum absolute atomic E-state index is 0.139. The van der Waals surface area contributed by atoms with Crippen LogP contribution < -0.4 is 5.32 Å². The number of alkyl halides is 3. The molecule has 29 heavy (non-hydrogen) atoms. The normalized spacial score (nSPS) is 12.0. The van der Waals surface area contributed by atoms with Crippen molar-refractivity contribution < 1.29 is 37.0 Å². The van der Waals surface area contributed by atoms with E-state index >= 15 is 0 Å². The molecule has 2 rings (SSSR count). The van der Waals surface area contributed by atoms with Gasteiger partial charge >= 0.3 is 18.1 Å². The second kappa shape index (κ2) is 9.72. The number of esters is 2. The molecule has 0 spiro atoms. The number of rotatable bonds is 7. The number of hydrogen-bond donors (Lipinski definition) is 1. The number of hydrogen-bond acceptors (Lipinski definition) is 5. The minimum atomic E-state index is -4.52. The second-order valence-corrected chi connectivity index (χ2v) is 5.98. The molecule has 0 radical (unpaired) electrons. The molecule has 0 aliphatic carbocycles. The highest BCUT2D eigenvalue weighted by Gasteiger charge is 2.30. The molecule has 9 heteroatoms. The average Bonchev–Trinajstić information content (AvgIpc) is 2.71. The molecule has 2 aromatic carbocycles. The Balaban J connectivity index is 1.92. The van der Waals surface area contributed by atoms with Crippen molar-refractivity contribution >= 4 is 17.8 Å². The summed E-state index contributed by atoms with van der Waals surface area (Å²) < 4.78 is 47.1. The van der Waals surface area contributed by atoms with Crippen molar-refractivity contribution in [1.82, 2.24) is 5.32 Å². The van der Waals surface area contributed by atoms with Crippen molar-refractivity contribution in [3.05, 3.63) is 71.3 Å². The van der Waals surface area contributed by atoms with E-state index in [1.165, 1.54) is 7.11 Å². The van der Waals surface area contributed by atoms with Crippen LogP contribution >= 0.6 is 0 Å². The lowest BCUT2D eigenvalue weighted by Crippen LogP contribution is -2.44. The standard InChI is InChI=1S/C20H18F3NO5/c1-28-19(27)16(11-13-5-3-2-4-6-13)24-17(25)12-29-18(26)14-7-9-15(10-8-14)20(21,22)23/h2-10,16H,11-12H2,1H3,(H,24,25)/t16-/m1/s1. The van der Waals surface area contributed by atoms with E-state index in [9.17, 15) is 27.6 Å². The van der Waals surface area contributed by atoms with Gasteiger partial charge in [0, 0.05) is 6.42 Å². The molecular formula is C20H18F3NO5. The van der Waals surface area contributed by atoms with Crippen LogP contribution in [0.25, 0.3) is 0 Å². The predicted octanol–water partition coefficient (Wildman–Crippen LogP) is 2.76. The number of methoxy groups -OCH3 is 1. The maximum Gasteiger partial charge on any atom is 0.416 e. The van der Waals surface area contributed by atoms with E-state index in [2.05, 4.69) is 10.1 Å². The molecule has 0 saturated carbocycles. The molecule has 0 fully saturated rings. The predicted molar refractivity (Wildman–Crippen MR) is 95.8 cm³/mol. The van der Waals surface area contributed by atoms with E-state index in [1.807, 2.05) is 0 Å². The molecule has 2 aromatic rings. The van der Waals surface area contributed by atoms with Crippen LogP contribution in [-0.4, -0.2) is 37.6 Å². The zero-order chi connectivity index (χ0) is 21.4. The fourth-order valence-electron chi connectivity index (χ4n) is 2.43. The van der Waals surface area contributed by atoms with Crippen LogP contribution in [0.4, 0.5) is 13.2 Å². The van der Waals surface area contributed by atoms with Crippen molar-refractivity contribution in [2.24, 2.45) is 0 Å². The van der Waals surface area contributed by atoms with E-state index < -0.39 is 42.2 Å². The van der Waals surface area contributed by atoms with Crippen molar-refractivity contribution in [1.29, 1.82) is 0 Å². The lowest BCUT2D eigenvalue weighted by molar-refractivity contribution is -0.145. The fraction of sp³-hybridized carbons (Fsp3) is 0.250. The van der Waals surface area contributed by atoms with Gasteiger partial charge in [0.05, 0.1) is 18.2 Å². The van der Waals surface area contributed by atoms with E-state index in [4.69, 9.17) is 4.74 Å². The van der Waals surface area contributed by atoms with Crippen molar-refractivity contribution in [2.75, 3.05) is 13.7 Å². The molecule has 0 bridgehead atoms. The van der Waals surface area contributed by atoms with Crippen LogP contribution in [0.5, 0.6) is 0 Å². The van der Waals surface area contributed by atoms with Gasteiger partial charge in [0.1, 0.15) is 6.04 Å². The summed E-state index contributed by atoms with van der Waals surface area (Å²) in [6, 6.07) is 11.3. The minimum Gasteiger partial charge on any atom is -0.467 e. The second-order valence-electron chi connectivity index (χ2n) is 5.98. The summed E-state index contributed by atoms with van der Waals surface area (Å²) in [5.74, 6) is -2.39. The Kier molecular flexibility index (Phi) is 7.35. The molecule has 1 amide bonds. The van der Waals surface area contributed by atoms with Gasteiger partial charge < -0.3 is 14.8 Å². The van der Waals surface area contributed by atoms with Crippen LogP contribution in [0.15, 0.2) is 54.6 Å². The van der Waals surface area contributed by atoms with Gasteiger partial charge in [-0.25, -0.2) is 9.59 Å². The highest BCUT2D eigenvalue weighted by molar-refractivity contribution is 5.92. The first-order chi connectivity index (χ1) is 13.7. The van der Waals surface area contributed by atoms with Crippen molar-refractivity contribution in [3.8, 4) is 0 Å². The largest absolute Gasteiger partial charge is 0.467 e. The molecule has 1 N–H and O–H groups in total. The molecule has 0 heterocycles. The van der Waals surface area contributed by atoms with Crippen LogP contribution in [-0.2, 0) is 31.7 Å². The Hall–Kier alpha value is -3.36. The van der Waals surface area contributed by atoms with E-state index in [0.29, 0.717) is 0 Å².